The van der Waals surface area contributed by atoms with Gasteiger partial charge < -0.3 is 25.6 Å². The van der Waals surface area contributed by atoms with Gasteiger partial charge in [0.05, 0.1) is 13.2 Å². The fourth-order valence-corrected chi connectivity index (χ4v) is 1.87. The number of carboxylic acids is 1. The van der Waals surface area contributed by atoms with Crippen molar-refractivity contribution in [3.8, 4) is 0 Å². The first-order chi connectivity index (χ1) is 9.30. The number of primary amides is 1. The number of hydrogen-bond acceptors (Lipinski definition) is 5. The summed E-state index contributed by atoms with van der Waals surface area (Å²) in [6.45, 7) is 5.82. The smallest absolute Gasteiger partial charge is 0.320 e. The number of carboxylic acid groups (broad SMARTS) is 1. The monoisotopic (exact) mass is 288 g/mol. The van der Waals surface area contributed by atoms with Crippen molar-refractivity contribution in [1.29, 1.82) is 0 Å². The molecule has 0 aromatic heterocycles. The van der Waals surface area contributed by atoms with Gasteiger partial charge in [-0.25, -0.2) is 0 Å². The molecule has 4 N–H and O–H groups in total. The van der Waals surface area contributed by atoms with Gasteiger partial charge in [-0.3, -0.25) is 9.59 Å². The van der Waals surface area contributed by atoms with Crippen LogP contribution in [0, 0.1) is 5.41 Å². The molecule has 0 aromatic rings. The van der Waals surface area contributed by atoms with Crippen LogP contribution in [0.25, 0.3) is 0 Å². The van der Waals surface area contributed by atoms with E-state index in [0.29, 0.717) is 26.2 Å². The molecule has 1 aliphatic heterocycles. The molecular formula is C13H24N2O5. The van der Waals surface area contributed by atoms with E-state index in [-0.39, 0.29) is 24.5 Å². The lowest BCUT2D eigenvalue weighted by Gasteiger charge is -2.34. The molecule has 7 heteroatoms. The number of hydrogen-bond donors (Lipinski definition) is 3. The van der Waals surface area contributed by atoms with Gasteiger partial charge in [0, 0.05) is 24.8 Å². The Labute approximate surface area is 118 Å². The Morgan fingerprint density at radius 3 is 2.50 bits per heavy atom. The van der Waals surface area contributed by atoms with E-state index in [1.807, 2.05) is 0 Å². The first-order valence-corrected chi connectivity index (χ1v) is 6.78. The van der Waals surface area contributed by atoms with Gasteiger partial charge in [-0.15, -0.1) is 0 Å². The Kier molecular flexibility index (Phi) is 6.38. The highest BCUT2D eigenvalue weighted by Crippen LogP contribution is 2.23. The summed E-state index contributed by atoms with van der Waals surface area (Å²) >= 11 is 0. The summed E-state index contributed by atoms with van der Waals surface area (Å²) in [7, 11) is 0. The second-order valence-corrected chi connectivity index (χ2v) is 5.85. The molecule has 1 saturated heterocycles. The van der Waals surface area contributed by atoms with Crippen LogP contribution in [0.3, 0.4) is 0 Å². The summed E-state index contributed by atoms with van der Waals surface area (Å²) in [5, 5.41) is 11.9. The van der Waals surface area contributed by atoms with E-state index in [0.717, 1.165) is 0 Å². The Balaban J connectivity index is 2.24. The van der Waals surface area contributed by atoms with Crippen LogP contribution in [0.1, 0.15) is 33.1 Å². The molecule has 7 nitrogen and oxygen atoms in total. The number of rotatable bonds is 8. The molecule has 1 aliphatic rings. The fraction of sp³-hybridized carbons (Fsp3) is 0.846. The standard InChI is InChI=1S/C13H24N2O5/c1-13(2)7-19-11(20-8-13)5-6-15-9(12(17)18)3-4-10(14)16/h9,11,15H,3-8H2,1-2H3,(H2,14,16)(H,17,18)/t9-/m0/s1. The van der Waals surface area contributed by atoms with E-state index in [1.165, 1.54) is 0 Å². The minimum atomic E-state index is -0.988. The topological polar surface area (TPSA) is 111 Å². The van der Waals surface area contributed by atoms with Crippen LogP contribution >= 0.6 is 0 Å². The van der Waals surface area contributed by atoms with Crippen LogP contribution in [0.15, 0.2) is 0 Å². The molecule has 1 fully saturated rings. The maximum Gasteiger partial charge on any atom is 0.320 e. The van der Waals surface area contributed by atoms with Crippen molar-refractivity contribution in [3.63, 3.8) is 0 Å². The molecular weight excluding hydrogens is 264 g/mol. The number of carbonyl (C=O) groups excluding carboxylic acids is 1. The Bertz CT molecular complexity index is 336. The van der Waals surface area contributed by atoms with E-state index in [4.69, 9.17) is 20.3 Å². The van der Waals surface area contributed by atoms with Gasteiger partial charge in [0.25, 0.3) is 0 Å². The SMILES string of the molecule is CC1(C)COC(CCN[C@@H](CCC(N)=O)C(=O)O)OC1. The summed E-state index contributed by atoms with van der Waals surface area (Å²) < 4.78 is 11.1. The van der Waals surface area contributed by atoms with Gasteiger partial charge in [0.1, 0.15) is 6.04 Å². The predicted molar refractivity (Wildman–Crippen MR) is 71.9 cm³/mol. The Morgan fingerprint density at radius 2 is 2.00 bits per heavy atom. The molecule has 0 saturated carbocycles. The van der Waals surface area contributed by atoms with Crippen LogP contribution < -0.4 is 11.1 Å². The average Bonchev–Trinajstić information content (AvgIpc) is 2.34. The lowest BCUT2D eigenvalue weighted by molar-refractivity contribution is -0.223. The zero-order valence-electron chi connectivity index (χ0n) is 12.1. The highest BCUT2D eigenvalue weighted by Gasteiger charge is 2.28. The summed E-state index contributed by atoms with van der Waals surface area (Å²) in [6.07, 6.45) is 0.496. The molecule has 116 valence electrons. The largest absolute Gasteiger partial charge is 0.480 e. The summed E-state index contributed by atoms with van der Waals surface area (Å²) in [5.74, 6) is -1.49. The number of ether oxygens (including phenoxy) is 2. The van der Waals surface area contributed by atoms with Crippen molar-refractivity contribution >= 4 is 11.9 Å². The molecule has 0 aliphatic carbocycles. The van der Waals surface area contributed by atoms with Gasteiger partial charge in [-0.2, -0.15) is 0 Å². The van der Waals surface area contributed by atoms with E-state index in [1.54, 1.807) is 0 Å². The van der Waals surface area contributed by atoms with Crippen molar-refractivity contribution < 1.29 is 24.2 Å². The zero-order chi connectivity index (χ0) is 15.2. The summed E-state index contributed by atoms with van der Waals surface area (Å²) in [4.78, 5) is 21.7. The van der Waals surface area contributed by atoms with Gasteiger partial charge in [0.15, 0.2) is 6.29 Å². The van der Waals surface area contributed by atoms with Crippen molar-refractivity contribution in [3.05, 3.63) is 0 Å². The lowest BCUT2D eigenvalue weighted by Crippen LogP contribution is -2.42. The molecule has 1 atom stereocenters. The summed E-state index contributed by atoms with van der Waals surface area (Å²) in [6, 6.07) is -0.775. The summed E-state index contributed by atoms with van der Waals surface area (Å²) in [5.41, 5.74) is 5.04. The number of carbonyl (C=O) groups is 2. The maximum absolute atomic E-state index is 11.0. The van der Waals surface area contributed by atoms with Crippen LogP contribution in [0.2, 0.25) is 0 Å². The highest BCUT2D eigenvalue weighted by atomic mass is 16.7. The molecule has 0 bridgehead atoms. The predicted octanol–water partition coefficient (Wildman–Crippen LogP) is 0.0839. The van der Waals surface area contributed by atoms with Gasteiger partial charge >= 0.3 is 5.97 Å². The molecule has 1 heterocycles. The van der Waals surface area contributed by atoms with Crippen LogP contribution in [0.4, 0.5) is 0 Å². The van der Waals surface area contributed by atoms with Crippen LogP contribution in [-0.2, 0) is 19.1 Å². The first-order valence-electron chi connectivity index (χ1n) is 6.78. The Hall–Kier alpha value is -1.18. The second kappa shape index (κ2) is 7.56. The molecule has 0 aromatic carbocycles. The first kappa shape index (κ1) is 16.9. The molecule has 0 unspecified atom stereocenters. The molecule has 1 rings (SSSR count). The van der Waals surface area contributed by atoms with Crippen LogP contribution in [-0.4, -0.2) is 49.1 Å². The maximum atomic E-state index is 11.0. The van der Waals surface area contributed by atoms with E-state index in [9.17, 15) is 9.59 Å². The normalized spacial score (nSPS) is 20.5. The third kappa shape index (κ3) is 6.31. The molecule has 20 heavy (non-hydrogen) atoms. The average molecular weight is 288 g/mol. The number of nitrogens with one attached hydrogen (secondary N) is 1. The van der Waals surface area contributed by atoms with Gasteiger partial charge in [-0.1, -0.05) is 13.8 Å². The van der Waals surface area contributed by atoms with Gasteiger partial charge in [0.2, 0.25) is 5.91 Å². The van der Waals surface area contributed by atoms with Crippen molar-refractivity contribution in [1.82, 2.24) is 5.32 Å². The number of nitrogens with two attached hydrogens (primary N) is 1. The second-order valence-electron chi connectivity index (χ2n) is 5.85. The minimum absolute atomic E-state index is 0.0228. The molecule has 0 spiro atoms. The van der Waals surface area contributed by atoms with E-state index < -0.39 is 17.9 Å². The van der Waals surface area contributed by atoms with E-state index in [2.05, 4.69) is 19.2 Å². The quantitative estimate of drug-likeness (QED) is 0.583. The molecule has 1 amide bonds. The van der Waals surface area contributed by atoms with E-state index >= 15 is 0 Å². The van der Waals surface area contributed by atoms with Crippen molar-refractivity contribution in [2.75, 3.05) is 19.8 Å². The number of aliphatic carboxylic acids is 1. The van der Waals surface area contributed by atoms with Crippen LogP contribution in [0.5, 0.6) is 0 Å². The fourth-order valence-electron chi connectivity index (χ4n) is 1.87. The highest BCUT2D eigenvalue weighted by molar-refractivity contribution is 5.77. The van der Waals surface area contributed by atoms with Crippen molar-refractivity contribution in [2.24, 2.45) is 11.1 Å². The Morgan fingerprint density at radius 1 is 1.40 bits per heavy atom. The lowest BCUT2D eigenvalue weighted by atomic mass is 9.95. The van der Waals surface area contributed by atoms with Gasteiger partial charge in [-0.05, 0) is 6.42 Å². The number of amides is 1. The van der Waals surface area contributed by atoms with Crippen molar-refractivity contribution in [2.45, 2.75) is 45.4 Å². The zero-order valence-corrected chi connectivity index (χ0v) is 12.1. The third-order valence-corrected chi connectivity index (χ3v) is 3.07. The third-order valence-electron chi connectivity index (χ3n) is 3.07. The molecule has 0 radical (unpaired) electrons. The minimum Gasteiger partial charge on any atom is -0.480 e.